The fourth-order valence-corrected chi connectivity index (χ4v) is 4.83. The molecule has 0 aliphatic rings. The van der Waals surface area contributed by atoms with Gasteiger partial charge in [-0.2, -0.15) is 0 Å². The molecule has 10 heteroatoms. The maximum Gasteiger partial charge on any atom is 0.244 e. The van der Waals surface area contributed by atoms with E-state index in [-0.39, 0.29) is 12.5 Å². The summed E-state index contributed by atoms with van der Waals surface area (Å²) in [6.07, 6.45) is 1.05. The number of hydrogen-bond donors (Lipinski definition) is 1. The number of anilines is 1. The van der Waals surface area contributed by atoms with E-state index in [4.69, 9.17) is 0 Å². The topological polar surface area (TPSA) is 86.8 Å². The number of para-hydroxylation sites is 1. The number of rotatable bonds is 8. The van der Waals surface area contributed by atoms with Gasteiger partial charge in [-0.3, -0.25) is 13.9 Å². The third kappa shape index (κ3) is 8.12. The van der Waals surface area contributed by atoms with Crippen LogP contribution in [0.15, 0.2) is 57.5 Å². The van der Waals surface area contributed by atoms with Crippen LogP contribution in [0.2, 0.25) is 0 Å². The van der Waals surface area contributed by atoms with Gasteiger partial charge in [-0.15, -0.1) is 0 Å². The molecule has 0 aliphatic heterocycles. The lowest BCUT2D eigenvalue weighted by Crippen LogP contribution is -2.54. The molecule has 33 heavy (non-hydrogen) atoms. The zero-order valence-electron chi connectivity index (χ0n) is 19.3. The molecule has 1 N–H and O–H groups in total. The number of amides is 2. The summed E-state index contributed by atoms with van der Waals surface area (Å²) in [5.41, 5.74) is 0.684. The van der Waals surface area contributed by atoms with Crippen LogP contribution in [0.1, 0.15) is 33.3 Å². The van der Waals surface area contributed by atoms with Gasteiger partial charge in [-0.25, -0.2) is 8.42 Å². The highest BCUT2D eigenvalue weighted by Gasteiger charge is 2.31. The molecule has 0 fully saturated rings. The van der Waals surface area contributed by atoms with Gasteiger partial charge < -0.3 is 10.2 Å². The van der Waals surface area contributed by atoms with Crippen molar-refractivity contribution in [2.45, 2.75) is 45.8 Å². The molecule has 180 valence electrons. The van der Waals surface area contributed by atoms with Crippen LogP contribution in [0.3, 0.4) is 0 Å². The van der Waals surface area contributed by atoms with Crippen LogP contribution in [0.25, 0.3) is 0 Å². The predicted molar refractivity (Wildman–Crippen MR) is 138 cm³/mol. The molecule has 0 heterocycles. The molecule has 2 amide bonds. The van der Waals surface area contributed by atoms with E-state index in [1.54, 1.807) is 31.2 Å². The molecule has 0 radical (unpaired) electrons. The first-order valence-electron chi connectivity index (χ1n) is 10.3. The molecule has 0 saturated carbocycles. The minimum absolute atomic E-state index is 0.151. The number of carbonyl (C=O) groups is 2. The van der Waals surface area contributed by atoms with Crippen molar-refractivity contribution in [2.24, 2.45) is 0 Å². The number of carbonyl (C=O) groups excluding carboxylic acids is 2. The van der Waals surface area contributed by atoms with Crippen LogP contribution in [0, 0.1) is 0 Å². The van der Waals surface area contributed by atoms with Crippen molar-refractivity contribution >= 4 is 59.4 Å². The first kappa shape index (κ1) is 27.3. The zero-order chi connectivity index (χ0) is 25.0. The second-order valence-electron chi connectivity index (χ2n) is 8.78. The Bertz CT molecular complexity index is 1100. The Morgan fingerprint density at radius 1 is 1.03 bits per heavy atom. The first-order chi connectivity index (χ1) is 15.2. The molecule has 2 aromatic carbocycles. The van der Waals surface area contributed by atoms with E-state index in [9.17, 15) is 18.0 Å². The molecule has 0 unspecified atom stereocenters. The van der Waals surface area contributed by atoms with Gasteiger partial charge >= 0.3 is 0 Å². The molecule has 0 saturated heterocycles. The van der Waals surface area contributed by atoms with Gasteiger partial charge in [0.05, 0.1) is 11.9 Å². The fourth-order valence-electron chi connectivity index (χ4n) is 3.09. The molecule has 0 bridgehead atoms. The van der Waals surface area contributed by atoms with Gasteiger partial charge in [0.15, 0.2) is 0 Å². The number of sulfonamides is 1. The van der Waals surface area contributed by atoms with Crippen LogP contribution in [-0.4, -0.2) is 49.5 Å². The van der Waals surface area contributed by atoms with Crippen molar-refractivity contribution in [3.63, 3.8) is 0 Å². The Morgan fingerprint density at radius 3 is 2.12 bits per heavy atom. The highest BCUT2D eigenvalue weighted by molar-refractivity contribution is 9.10. The van der Waals surface area contributed by atoms with E-state index in [1.165, 1.54) is 4.90 Å². The molecule has 0 spiro atoms. The van der Waals surface area contributed by atoms with E-state index >= 15 is 0 Å². The summed E-state index contributed by atoms with van der Waals surface area (Å²) >= 11 is 6.75. The lowest BCUT2D eigenvalue weighted by atomic mass is 10.1. The molecule has 7 nitrogen and oxygen atoms in total. The van der Waals surface area contributed by atoms with Crippen LogP contribution < -0.4 is 9.62 Å². The third-order valence-corrected chi connectivity index (χ3v) is 7.06. The van der Waals surface area contributed by atoms with Crippen molar-refractivity contribution in [3.8, 4) is 0 Å². The number of halogens is 2. The van der Waals surface area contributed by atoms with Crippen LogP contribution in [-0.2, 0) is 26.2 Å². The number of benzene rings is 2. The van der Waals surface area contributed by atoms with Crippen molar-refractivity contribution in [1.29, 1.82) is 0 Å². The second-order valence-corrected chi connectivity index (χ2v) is 12.5. The molecule has 2 aromatic rings. The summed E-state index contributed by atoms with van der Waals surface area (Å²) in [4.78, 5) is 27.8. The van der Waals surface area contributed by atoms with E-state index in [1.807, 2.05) is 45.0 Å². The summed E-state index contributed by atoms with van der Waals surface area (Å²) in [6.45, 7) is 6.93. The van der Waals surface area contributed by atoms with Crippen molar-refractivity contribution in [2.75, 3.05) is 17.1 Å². The number of nitrogens with zero attached hydrogens (tertiary/aromatic N) is 2. The Kier molecular flexibility index (Phi) is 9.12. The minimum atomic E-state index is -3.77. The minimum Gasteiger partial charge on any atom is -0.350 e. The summed E-state index contributed by atoms with van der Waals surface area (Å²) < 4.78 is 27.6. The van der Waals surface area contributed by atoms with E-state index < -0.39 is 34.1 Å². The summed E-state index contributed by atoms with van der Waals surface area (Å²) in [5, 5.41) is 2.89. The van der Waals surface area contributed by atoms with Gasteiger partial charge in [0.1, 0.15) is 12.6 Å². The standard InChI is InChI=1S/C23H29Br2N3O4S/c1-16(22(30)26-23(2,3)4)27(14-17-10-12-18(24)13-11-17)21(29)15-28(33(5,31)32)20-9-7-6-8-19(20)25/h6-13,16H,14-15H2,1-5H3,(H,26,30)/t16-/m0/s1. The quantitative estimate of drug-likeness (QED) is 0.488. The largest absolute Gasteiger partial charge is 0.350 e. The molecular formula is C23H29Br2N3O4S. The first-order valence-corrected chi connectivity index (χ1v) is 13.7. The lowest BCUT2D eigenvalue weighted by molar-refractivity contribution is -0.140. The van der Waals surface area contributed by atoms with Gasteiger partial charge in [0, 0.05) is 21.0 Å². The third-order valence-electron chi connectivity index (χ3n) is 4.73. The van der Waals surface area contributed by atoms with Crippen LogP contribution in [0.4, 0.5) is 5.69 Å². The molecule has 2 rings (SSSR count). The summed E-state index contributed by atoms with van der Waals surface area (Å²) in [5.74, 6) is -0.810. The Labute approximate surface area is 212 Å². The highest BCUT2D eigenvalue weighted by atomic mass is 79.9. The van der Waals surface area contributed by atoms with Gasteiger partial charge in [-0.1, -0.05) is 40.2 Å². The molecule has 0 aliphatic carbocycles. The van der Waals surface area contributed by atoms with E-state index in [0.717, 1.165) is 20.6 Å². The van der Waals surface area contributed by atoms with Gasteiger partial charge in [-0.05, 0) is 73.5 Å². The molecule has 0 aromatic heterocycles. The Hall–Kier alpha value is -1.91. The normalized spacial score (nSPS) is 12.7. The molecular weight excluding hydrogens is 574 g/mol. The van der Waals surface area contributed by atoms with Crippen molar-refractivity contribution < 1.29 is 18.0 Å². The lowest BCUT2D eigenvalue weighted by Gasteiger charge is -2.33. The Morgan fingerprint density at radius 2 is 1.61 bits per heavy atom. The smallest absolute Gasteiger partial charge is 0.244 e. The average Bonchev–Trinajstić information content (AvgIpc) is 2.69. The predicted octanol–water partition coefficient (Wildman–Crippen LogP) is 4.31. The SMILES string of the molecule is C[C@@H](C(=O)NC(C)(C)C)N(Cc1ccc(Br)cc1)C(=O)CN(c1ccccc1Br)S(C)(=O)=O. The average molecular weight is 603 g/mol. The molecule has 1 atom stereocenters. The van der Waals surface area contributed by atoms with E-state index in [0.29, 0.717) is 10.2 Å². The summed E-state index contributed by atoms with van der Waals surface area (Å²) in [7, 11) is -3.77. The maximum absolute atomic E-state index is 13.5. The number of hydrogen-bond acceptors (Lipinski definition) is 4. The monoisotopic (exact) mass is 601 g/mol. The second kappa shape index (κ2) is 11.0. The van der Waals surface area contributed by atoms with Gasteiger partial charge in [0.25, 0.3) is 0 Å². The van der Waals surface area contributed by atoms with Crippen LogP contribution in [0.5, 0.6) is 0 Å². The van der Waals surface area contributed by atoms with Crippen LogP contribution >= 0.6 is 31.9 Å². The zero-order valence-corrected chi connectivity index (χ0v) is 23.3. The van der Waals surface area contributed by atoms with Gasteiger partial charge in [0.2, 0.25) is 21.8 Å². The maximum atomic E-state index is 13.5. The van der Waals surface area contributed by atoms with Crippen molar-refractivity contribution in [3.05, 3.63) is 63.0 Å². The van der Waals surface area contributed by atoms with E-state index in [2.05, 4.69) is 37.2 Å². The number of nitrogens with one attached hydrogen (secondary N) is 1. The fraction of sp³-hybridized carbons (Fsp3) is 0.391. The summed E-state index contributed by atoms with van der Waals surface area (Å²) in [6, 6.07) is 13.4. The Balaban J connectivity index is 2.41. The highest BCUT2D eigenvalue weighted by Crippen LogP contribution is 2.28. The van der Waals surface area contributed by atoms with Crippen molar-refractivity contribution in [1.82, 2.24) is 10.2 Å².